The lowest BCUT2D eigenvalue weighted by atomic mass is 10.1. The smallest absolute Gasteiger partial charge is 0.214 e. The Bertz CT molecular complexity index is 280. The molecule has 1 N–H and O–H groups in total. The van der Waals surface area contributed by atoms with E-state index in [4.69, 9.17) is 0 Å². The normalized spacial score (nSPS) is 19.9. The van der Waals surface area contributed by atoms with Crippen molar-refractivity contribution in [3.8, 4) is 0 Å². The lowest BCUT2D eigenvalue weighted by molar-refractivity contribution is 0.465. The second-order valence-electron chi connectivity index (χ2n) is 4.74. The van der Waals surface area contributed by atoms with Crippen molar-refractivity contribution < 1.29 is 8.42 Å². The van der Waals surface area contributed by atoms with Gasteiger partial charge >= 0.3 is 0 Å². The van der Waals surface area contributed by atoms with Gasteiger partial charge in [-0.3, -0.25) is 0 Å². The molecule has 0 aromatic rings. The van der Waals surface area contributed by atoms with Gasteiger partial charge in [-0.1, -0.05) is 25.7 Å². The third-order valence-corrected chi connectivity index (χ3v) is 5.04. The maximum atomic E-state index is 11.5. The van der Waals surface area contributed by atoms with Gasteiger partial charge in [0.25, 0.3) is 0 Å². The maximum Gasteiger partial charge on any atom is 0.214 e. The van der Waals surface area contributed by atoms with Crippen LogP contribution in [-0.2, 0) is 10.0 Å². The summed E-state index contributed by atoms with van der Waals surface area (Å²) in [5, 5.41) is 3.37. The predicted molar refractivity (Wildman–Crippen MR) is 67.0 cm³/mol. The summed E-state index contributed by atoms with van der Waals surface area (Å²) in [6, 6.07) is 0.528. The monoisotopic (exact) mass is 248 g/mol. The van der Waals surface area contributed by atoms with E-state index in [2.05, 4.69) is 5.32 Å². The molecular formula is C11H24N2O2S. The maximum absolute atomic E-state index is 11.5. The highest BCUT2D eigenvalue weighted by molar-refractivity contribution is 7.89. The van der Waals surface area contributed by atoms with Gasteiger partial charge in [0, 0.05) is 26.7 Å². The van der Waals surface area contributed by atoms with Crippen LogP contribution in [0, 0.1) is 0 Å². The summed E-state index contributed by atoms with van der Waals surface area (Å²) in [4.78, 5) is 0. The molecule has 0 saturated heterocycles. The molecule has 1 fully saturated rings. The van der Waals surface area contributed by atoms with Crippen molar-refractivity contribution in [2.75, 3.05) is 26.4 Å². The molecule has 0 unspecified atom stereocenters. The highest BCUT2D eigenvalue weighted by Crippen LogP contribution is 2.16. The molecule has 0 aliphatic heterocycles. The molecule has 1 rings (SSSR count). The van der Waals surface area contributed by atoms with E-state index in [1.807, 2.05) is 0 Å². The standard InChI is InChI=1S/C11H24N2O2S/c1-13(2)16(14,15)10-9-12-11-7-5-3-4-6-8-11/h11-12H,3-10H2,1-2H3. The molecule has 0 bridgehead atoms. The van der Waals surface area contributed by atoms with E-state index in [9.17, 15) is 8.42 Å². The van der Waals surface area contributed by atoms with Gasteiger partial charge in [0.15, 0.2) is 0 Å². The molecule has 96 valence electrons. The first-order chi connectivity index (χ1) is 7.52. The van der Waals surface area contributed by atoms with Crippen LogP contribution >= 0.6 is 0 Å². The van der Waals surface area contributed by atoms with Gasteiger partial charge in [-0.25, -0.2) is 12.7 Å². The molecule has 1 saturated carbocycles. The van der Waals surface area contributed by atoms with Crippen LogP contribution in [0.2, 0.25) is 0 Å². The topological polar surface area (TPSA) is 49.4 Å². The zero-order valence-corrected chi connectivity index (χ0v) is 11.2. The zero-order valence-electron chi connectivity index (χ0n) is 10.4. The van der Waals surface area contributed by atoms with Crippen molar-refractivity contribution in [1.82, 2.24) is 9.62 Å². The fourth-order valence-electron chi connectivity index (χ4n) is 2.06. The number of sulfonamides is 1. The number of nitrogens with zero attached hydrogens (tertiary/aromatic N) is 1. The van der Waals surface area contributed by atoms with Crippen molar-refractivity contribution in [3.05, 3.63) is 0 Å². The Morgan fingerprint density at radius 2 is 1.69 bits per heavy atom. The summed E-state index contributed by atoms with van der Waals surface area (Å²) in [5.41, 5.74) is 0. The quantitative estimate of drug-likeness (QED) is 0.744. The number of hydrogen-bond donors (Lipinski definition) is 1. The second-order valence-corrected chi connectivity index (χ2v) is 7.04. The Morgan fingerprint density at radius 3 is 2.19 bits per heavy atom. The number of hydrogen-bond acceptors (Lipinski definition) is 3. The SMILES string of the molecule is CN(C)S(=O)(=O)CCNC1CCCCCC1. The highest BCUT2D eigenvalue weighted by Gasteiger charge is 2.15. The molecule has 0 spiro atoms. The minimum atomic E-state index is -3.04. The van der Waals surface area contributed by atoms with Crippen molar-refractivity contribution in [2.45, 2.75) is 44.6 Å². The van der Waals surface area contributed by atoms with Crippen LogP contribution in [0.15, 0.2) is 0 Å². The van der Waals surface area contributed by atoms with Crippen molar-refractivity contribution in [1.29, 1.82) is 0 Å². The fourth-order valence-corrected chi connectivity index (χ4v) is 2.80. The molecule has 5 heteroatoms. The number of nitrogens with one attached hydrogen (secondary N) is 1. The van der Waals surface area contributed by atoms with Crippen LogP contribution in [0.3, 0.4) is 0 Å². The second kappa shape index (κ2) is 6.57. The van der Waals surface area contributed by atoms with Crippen LogP contribution in [-0.4, -0.2) is 45.2 Å². The van der Waals surface area contributed by atoms with Gasteiger partial charge in [0.1, 0.15) is 0 Å². The van der Waals surface area contributed by atoms with Gasteiger partial charge in [0.2, 0.25) is 10.0 Å². The summed E-state index contributed by atoms with van der Waals surface area (Å²) in [5.74, 6) is 0.205. The van der Waals surface area contributed by atoms with Crippen LogP contribution in [0.5, 0.6) is 0 Å². The molecule has 0 aromatic carbocycles. The third kappa shape index (κ3) is 4.80. The van der Waals surface area contributed by atoms with Crippen LogP contribution < -0.4 is 5.32 Å². The van der Waals surface area contributed by atoms with Crippen LogP contribution in [0.25, 0.3) is 0 Å². The summed E-state index contributed by atoms with van der Waals surface area (Å²) in [7, 11) is 0.131. The molecule has 0 radical (unpaired) electrons. The van der Waals surface area contributed by atoms with E-state index in [0.29, 0.717) is 12.6 Å². The molecule has 1 aliphatic carbocycles. The third-order valence-electron chi connectivity index (χ3n) is 3.20. The van der Waals surface area contributed by atoms with Gasteiger partial charge in [0.05, 0.1) is 5.75 Å². The van der Waals surface area contributed by atoms with Gasteiger partial charge in [-0.15, -0.1) is 0 Å². The largest absolute Gasteiger partial charge is 0.313 e. The molecular weight excluding hydrogens is 224 g/mol. The Kier molecular flexibility index (Phi) is 5.72. The van der Waals surface area contributed by atoms with Gasteiger partial charge < -0.3 is 5.32 Å². The minimum absolute atomic E-state index is 0.205. The Morgan fingerprint density at radius 1 is 1.12 bits per heavy atom. The molecule has 0 heterocycles. The molecule has 16 heavy (non-hydrogen) atoms. The van der Waals surface area contributed by atoms with E-state index in [0.717, 1.165) is 0 Å². The molecule has 1 aliphatic rings. The predicted octanol–water partition coefficient (Wildman–Crippen LogP) is 1.19. The fraction of sp³-hybridized carbons (Fsp3) is 1.00. The van der Waals surface area contributed by atoms with Gasteiger partial charge in [-0.05, 0) is 12.8 Å². The molecule has 0 aromatic heterocycles. The average Bonchev–Trinajstić information content (AvgIpc) is 2.46. The lowest BCUT2D eigenvalue weighted by Gasteiger charge is -2.17. The Labute approximate surface area is 99.5 Å². The highest BCUT2D eigenvalue weighted by atomic mass is 32.2. The Balaban J connectivity index is 2.24. The summed E-state index contributed by atoms with van der Waals surface area (Å²) < 4.78 is 24.3. The van der Waals surface area contributed by atoms with E-state index in [1.165, 1.54) is 42.8 Å². The van der Waals surface area contributed by atoms with E-state index in [-0.39, 0.29) is 5.75 Å². The summed E-state index contributed by atoms with van der Waals surface area (Å²) in [6.45, 7) is 0.575. The average molecular weight is 248 g/mol. The first-order valence-electron chi connectivity index (χ1n) is 6.16. The summed E-state index contributed by atoms with van der Waals surface area (Å²) in [6.07, 6.45) is 7.60. The molecule has 0 atom stereocenters. The molecule has 4 nitrogen and oxygen atoms in total. The van der Waals surface area contributed by atoms with Crippen molar-refractivity contribution >= 4 is 10.0 Å². The van der Waals surface area contributed by atoms with E-state index >= 15 is 0 Å². The van der Waals surface area contributed by atoms with Crippen molar-refractivity contribution in [2.24, 2.45) is 0 Å². The lowest BCUT2D eigenvalue weighted by Crippen LogP contribution is -2.36. The van der Waals surface area contributed by atoms with Gasteiger partial charge in [-0.2, -0.15) is 0 Å². The van der Waals surface area contributed by atoms with Crippen molar-refractivity contribution in [3.63, 3.8) is 0 Å². The minimum Gasteiger partial charge on any atom is -0.313 e. The number of rotatable bonds is 5. The summed E-state index contributed by atoms with van der Waals surface area (Å²) >= 11 is 0. The van der Waals surface area contributed by atoms with Crippen LogP contribution in [0.1, 0.15) is 38.5 Å². The van der Waals surface area contributed by atoms with E-state index in [1.54, 1.807) is 14.1 Å². The molecule has 0 amide bonds. The first-order valence-corrected chi connectivity index (χ1v) is 7.77. The van der Waals surface area contributed by atoms with E-state index < -0.39 is 10.0 Å². The van der Waals surface area contributed by atoms with Crippen LogP contribution in [0.4, 0.5) is 0 Å². The Hall–Kier alpha value is -0.130. The zero-order chi connectivity index (χ0) is 12.0. The first kappa shape index (κ1) is 13.9.